The molecule has 2 atom stereocenters. The second kappa shape index (κ2) is 10.0. The molecule has 0 bridgehead atoms. The van der Waals surface area contributed by atoms with Crippen molar-refractivity contribution in [2.45, 2.75) is 70.9 Å². The van der Waals surface area contributed by atoms with Crippen molar-refractivity contribution < 1.29 is 27.8 Å². The Morgan fingerprint density at radius 3 is 2.44 bits per heavy atom. The van der Waals surface area contributed by atoms with Gasteiger partial charge >= 0.3 is 12.1 Å². The van der Waals surface area contributed by atoms with Crippen LogP contribution in [-0.2, 0) is 15.1 Å². The average Bonchev–Trinajstić information content (AvgIpc) is 3.63. The molecule has 2 heterocycles. The van der Waals surface area contributed by atoms with E-state index in [1.165, 1.54) is 32.2 Å². The molecule has 0 spiro atoms. The zero-order valence-electron chi connectivity index (χ0n) is 22.0. The molecule has 0 amide bonds. The van der Waals surface area contributed by atoms with E-state index in [4.69, 9.17) is 4.74 Å². The van der Waals surface area contributed by atoms with Crippen molar-refractivity contribution in [3.63, 3.8) is 0 Å². The summed E-state index contributed by atoms with van der Waals surface area (Å²) < 4.78 is 49.6. The van der Waals surface area contributed by atoms with Crippen molar-refractivity contribution in [1.82, 2.24) is 14.8 Å². The normalized spacial score (nSPS) is 16.5. The van der Waals surface area contributed by atoms with E-state index in [1.54, 1.807) is 10.7 Å². The first-order valence-electron chi connectivity index (χ1n) is 12.6. The van der Waals surface area contributed by atoms with E-state index < -0.39 is 40.4 Å². The molecule has 1 saturated carbocycles. The minimum absolute atomic E-state index is 0.176. The number of benzene rings is 1. The number of rotatable bonds is 9. The molecule has 3 N–H and O–H groups in total. The first-order chi connectivity index (χ1) is 18.2. The third kappa shape index (κ3) is 4.98. The molecule has 4 rings (SSSR count). The Kier molecular flexibility index (Phi) is 7.25. The van der Waals surface area contributed by atoms with Crippen LogP contribution in [0.2, 0.25) is 0 Å². The number of aliphatic hydroxyl groups is 1. The smallest absolute Gasteiger partial charge is 0.422 e. The molecule has 1 aliphatic rings. The van der Waals surface area contributed by atoms with Gasteiger partial charge in [0.1, 0.15) is 10.8 Å². The molecular formula is C27H30F3N5O4. The third-order valence-electron chi connectivity index (χ3n) is 7.14. The number of esters is 1. The number of aromatic nitrogens is 3. The number of carbonyl (C=O) groups excluding carboxylic acids is 1. The van der Waals surface area contributed by atoms with Crippen LogP contribution in [0.4, 0.5) is 24.7 Å². The topological polar surface area (TPSA) is 133 Å². The first kappa shape index (κ1) is 28.2. The van der Waals surface area contributed by atoms with Gasteiger partial charge in [0.2, 0.25) is 5.60 Å². The largest absolute Gasteiger partial charge is 0.462 e. The van der Waals surface area contributed by atoms with Crippen molar-refractivity contribution in [2.75, 3.05) is 5.32 Å². The SMILES string of the molecule is CC(C)OC(=O)C(C)(C)C(O)(c1ccc(Nc2nn(C(CC#N)C3CC3)c3cc[nH]c(=O)c23)cc1)C(F)(F)F. The number of aromatic amines is 1. The molecule has 2 unspecified atom stereocenters. The van der Waals surface area contributed by atoms with Gasteiger partial charge in [0.15, 0.2) is 5.82 Å². The molecule has 9 nitrogen and oxygen atoms in total. The van der Waals surface area contributed by atoms with Gasteiger partial charge in [-0.25, -0.2) is 0 Å². The number of fused-ring (bicyclic) bond motifs is 1. The van der Waals surface area contributed by atoms with Gasteiger partial charge in [-0.3, -0.25) is 14.3 Å². The van der Waals surface area contributed by atoms with E-state index in [1.807, 2.05) is 0 Å². The molecule has 0 saturated heterocycles. The molecule has 3 aromatic rings. The van der Waals surface area contributed by atoms with Crippen LogP contribution in [0.25, 0.3) is 10.9 Å². The summed E-state index contributed by atoms with van der Waals surface area (Å²) in [5.74, 6) is -0.751. The summed E-state index contributed by atoms with van der Waals surface area (Å²) in [7, 11) is 0. The van der Waals surface area contributed by atoms with Crippen molar-refractivity contribution >= 4 is 28.4 Å². The molecule has 0 radical (unpaired) electrons. The van der Waals surface area contributed by atoms with Crippen molar-refractivity contribution in [3.05, 3.63) is 52.4 Å². The van der Waals surface area contributed by atoms with E-state index in [0.29, 0.717) is 11.2 Å². The maximum atomic E-state index is 14.3. The Morgan fingerprint density at radius 1 is 1.26 bits per heavy atom. The van der Waals surface area contributed by atoms with Crippen LogP contribution in [0, 0.1) is 22.7 Å². The summed E-state index contributed by atoms with van der Waals surface area (Å²) >= 11 is 0. The number of nitrogens with one attached hydrogen (secondary N) is 2. The Morgan fingerprint density at radius 2 is 1.90 bits per heavy atom. The van der Waals surface area contributed by atoms with E-state index in [0.717, 1.165) is 38.8 Å². The summed E-state index contributed by atoms with van der Waals surface area (Å²) in [6, 6.07) is 8.36. The molecular weight excluding hydrogens is 515 g/mol. The lowest BCUT2D eigenvalue weighted by Crippen LogP contribution is -2.57. The highest BCUT2D eigenvalue weighted by Crippen LogP contribution is 2.52. The van der Waals surface area contributed by atoms with Crippen LogP contribution in [0.5, 0.6) is 0 Å². The molecule has 1 fully saturated rings. The Bertz CT molecular complexity index is 1470. The summed E-state index contributed by atoms with van der Waals surface area (Å²) in [4.78, 5) is 27.9. The van der Waals surface area contributed by atoms with E-state index >= 15 is 0 Å². The second-order valence-corrected chi connectivity index (χ2v) is 10.6. The van der Waals surface area contributed by atoms with Crippen LogP contribution >= 0.6 is 0 Å². The maximum Gasteiger partial charge on any atom is 0.422 e. The number of alkyl halides is 3. The minimum Gasteiger partial charge on any atom is -0.462 e. The number of nitrogens with zero attached hydrogens (tertiary/aromatic N) is 3. The number of nitriles is 1. The van der Waals surface area contributed by atoms with E-state index in [-0.39, 0.29) is 29.6 Å². The molecule has 1 aliphatic carbocycles. The summed E-state index contributed by atoms with van der Waals surface area (Å²) in [6.45, 7) is 4.98. The number of carbonyl (C=O) groups is 1. The lowest BCUT2D eigenvalue weighted by atomic mass is 9.70. The highest BCUT2D eigenvalue weighted by molar-refractivity contribution is 5.91. The molecule has 39 heavy (non-hydrogen) atoms. The van der Waals surface area contributed by atoms with Crippen molar-refractivity contribution in [3.8, 4) is 6.07 Å². The number of hydrogen-bond donors (Lipinski definition) is 3. The van der Waals surface area contributed by atoms with Gasteiger partial charge in [0.05, 0.1) is 30.2 Å². The van der Waals surface area contributed by atoms with E-state index in [2.05, 4.69) is 21.5 Å². The number of ether oxygens (including phenoxy) is 1. The van der Waals surface area contributed by atoms with Crippen molar-refractivity contribution in [2.24, 2.45) is 11.3 Å². The van der Waals surface area contributed by atoms with Crippen LogP contribution in [-0.4, -0.2) is 38.1 Å². The van der Waals surface area contributed by atoms with Crippen LogP contribution in [0.15, 0.2) is 41.3 Å². The van der Waals surface area contributed by atoms with Gasteiger partial charge in [0, 0.05) is 11.9 Å². The molecule has 1 aromatic carbocycles. The fourth-order valence-electron chi connectivity index (χ4n) is 4.79. The zero-order valence-corrected chi connectivity index (χ0v) is 22.0. The fraction of sp³-hybridized carbons (Fsp3) is 0.481. The number of halogens is 3. The van der Waals surface area contributed by atoms with Crippen LogP contribution < -0.4 is 10.9 Å². The van der Waals surface area contributed by atoms with Crippen LogP contribution in [0.3, 0.4) is 0 Å². The van der Waals surface area contributed by atoms with Gasteiger partial charge < -0.3 is 20.1 Å². The predicted octanol–water partition coefficient (Wildman–Crippen LogP) is 5.06. The number of pyridine rings is 1. The lowest BCUT2D eigenvalue weighted by Gasteiger charge is -2.42. The fourth-order valence-corrected chi connectivity index (χ4v) is 4.79. The summed E-state index contributed by atoms with van der Waals surface area (Å²) in [6.07, 6.45) is -2.28. The maximum absolute atomic E-state index is 14.3. The highest BCUT2D eigenvalue weighted by Gasteiger charge is 2.67. The average molecular weight is 546 g/mol. The Hall–Kier alpha value is -3.85. The molecule has 12 heteroatoms. The van der Waals surface area contributed by atoms with Gasteiger partial charge in [0.25, 0.3) is 5.56 Å². The second-order valence-electron chi connectivity index (χ2n) is 10.6. The predicted molar refractivity (Wildman–Crippen MR) is 137 cm³/mol. The standard InChI is InChI=1S/C27H30F3N5O4/c1-15(2)39-24(37)25(3,4)26(38,27(28,29)30)17-7-9-18(10-8-17)33-22-21-20(12-14-32-23(21)36)35(34-22)19(11-13-31)16-5-6-16/h7-10,12,14-16,19,38H,5-6,11H2,1-4H3,(H,32,36)(H,33,34). The summed E-state index contributed by atoms with van der Waals surface area (Å²) in [5, 5.41) is 28.1. The first-order valence-corrected chi connectivity index (χ1v) is 12.6. The van der Waals surface area contributed by atoms with Gasteiger partial charge in [-0.05, 0) is 70.2 Å². The minimum atomic E-state index is -5.21. The number of anilines is 2. The van der Waals surface area contributed by atoms with E-state index in [9.17, 15) is 33.1 Å². The molecule has 208 valence electrons. The lowest BCUT2D eigenvalue weighted by molar-refractivity contribution is -0.304. The van der Waals surface area contributed by atoms with Gasteiger partial charge in [-0.1, -0.05) is 12.1 Å². The van der Waals surface area contributed by atoms with Gasteiger partial charge in [-0.15, -0.1) is 0 Å². The Balaban J connectivity index is 1.72. The van der Waals surface area contributed by atoms with Gasteiger partial charge in [-0.2, -0.15) is 23.5 Å². The summed E-state index contributed by atoms with van der Waals surface area (Å²) in [5.41, 5.74) is -6.06. The number of hydrogen-bond acceptors (Lipinski definition) is 7. The quantitative estimate of drug-likeness (QED) is 0.320. The highest BCUT2D eigenvalue weighted by atomic mass is 19.4. The Labute approximate surface area is 222 Å². The monoisotopic (exact) mass is 545 g/mol. The molecule has 0 aliphatic heterocycles. The number of H-pyrrole nitrogens is 1. The van der Waals surface area contributed by atoms with Crippen molar-refractivity contribution in [1.29, 1.82) is 5.26 Å². The van der Waals surface area contributed by atoms with Crippen LogP contribution in [0.1, 0.15) is 58.6 Å². The third-order valence-corrected chi connectivity index (χ3v) is 7.14. The molecule has 2 aromatic heterocycles. The zero-order chi connectivity index (χ0) is 28.8.